The van der Waals surface area contributed by atoms with Crippen molar-refractivity contribution in [1.82, 2.24) is 35.1 Å². The Bertz CT molecular complexity index is 2830. The van der Waals surface area contributed by atoms with E-state index in [1.807, 2.05) is 77.7 Å². The number of carbonyl (C=O) groups excluding carboxylic acids is 3. The molecule has 0 radical (unpaired) electrons. The average molecular weight is 782 g/mol. The van der Waals surface area contributed by atoms with Gasteiger partial charge in [-0.15, -0.1) is 0 Å². The third kappa shape index (κ3) is 6.43. The molecule has 2 unspecified atom stereocenters. The van der Waals surface area contributed by atoms with Crippen LogP contribution < -0.4 is 5.32 Å². The van der Waals surface area contributed by atoms with Gasteiger partial charge in [0.15, 0.2) is 0 Å². The zero-order valence-electron chi connectivity index (χ0n) is 32.7. The highest BCUT2D eigenvalue weighted by Gasteiger charge is 2.57. The minimum atomic E-state index is -0.819. The topological polar surface area (TPSA) is 136 Å². The number of alkyl carbamates (subject to hydrolysis) is 1. The highest BCUT2D eigenvalue weighted by molar-refractivity contribution is 6.04. The Kier molecular flexibility index (Phi) is 8.43. The first-order chi connectivity index (χ1) is 28.9. The lowest BCUT2D eigenvalue weighted by Gasteiger charge is -2.31. The van der Waals surface area contributed by atoms with Crippen LogP contribution in [0.25, 0.3) is 32.8 Å². The Hall–Kier alpha value is -6.67. The largest absolute Gasteiger partial charge is 0.453 e. The van der Waals surface area contributed by atoms with Gasteiger partial charge in [0.2, 0.25) is 5.91 Å². The van der Waals surface area contributed by atoms with Gasteiger partial charge >= 0.3 is 6.09 Å². The fourth-order valence-corrected chi connectivity index (χ4v) is 9.87. The first kappa shape index (κ1) is 35.5. The normalized spacial score (nSPS) is 24.3. The molecular formula is C48H43N7O4. The molecule has 2 aromatic heterocycles. The lowest BCUT2D eigenvalue weighted by Crippen LogP contribution is -2.50. The molecule has 7 atom stereocenters. The SMILES string of the molecule is COC(=O)N[C@@H](C(=O)N1[C@@H]2CC2C[C@H]1c1nc2ccc(C#Cc3ccc4c(ccc5[nH]c([C@@H]6C[C@H]7CC7N6C(=O)Cc6ccccc6)nc54)c3)cc2[nH]1)C1=CCCC=C1. The van der Waals surface area contributed by atoms with E-state index in [0.717, 1.165) is 105 Å². The molecule has 11 rings (SSSR count). The van der Waals surface area contributed by atoms with E-state index < -0.39 is 12.1 Å². The van der Waals surface area contributed by atoms with Crippen molar-refractivity contribution in [2.24, 2.45) is 11.8 Å². The van der Waals surface area contributed by atoms with Crippen LogP contribution in [0.2, 0.25) is 0 Å². The number of hydrogen-bond donors (Lipinski definition) is 3. The number of ether oxygens (including phenoxy) is 1. The van der Waals surface area contributed by atoms with Gasteiger partial charge in [0.05, 0.1) is 47.7 Å². The second-order valence-electron chi connectivity index (χ2n) is 16.7. The van der Waals surface area contributed by atoms with Crippen LogP contribution in [0.15, 0.2) is 103 Å². The molecule has 3 amide bonds. The van der Waals surface area contributed by atoms with Crippen molar-refractivity contribution in [3.8, 4) is 11.8 Å². The average Bonchev–Trinajstić information content (AvgIpc) is 3.92. The van der Waals surface area contributed by atoms with E-state index in [0.29, 0.717) is 24.3 Å². The van der Waals surface area contributed by atoms with Gasteiger partial charge in [0.1, 0.15) is 17.7 Å². The number of imidazole rings is 2. The Morgan fingerprint density at radius 2 is 1.54 bits per heavy atom. The van der Waals surface area contributed by atoms with Gasteiger partial charge < -0.3 is 29.8 Å². The van der Waals surface area contributed by atoms with Crippen LogP contribution in [0.4, 0.5) is 4.79 Å². The van der Waals surface area contributed by atoms with E-state index in [2.05, 4.69) is 56.3 Å². The summed E-state index contributed by atoms with van der Waals surface area (Å²) in [4.78, 5) is 61.3. The minimum Gasteiger partial charge on any atom is -0.453 e. The number of methoxy groups -OCH3 is 1. The number of aromatic nitrogens is 4. The first-order valence-electron chi connectivity index (χ1n) is 20.7. The molecule has 6 aromatic rings. The number of H-pyrrole nitrogens is 2. The number of benzene rings is 4. The third-order valence-electron chi connectivity index (χ3n) is 13.0. The lowest BCUT2D eigenvalue weighted by atomic mass is 9.98. The molecule has 0 bridgehead atoms. The Balaban J connectivity index is 0.822. The van der Waals surface area contributed by atoms with Gasteiger partial charge in [0.25, 0.3) is 5.91 Å². The first-order valence-corrected chi connectivity index (χ1v) is 20.7. The summed E-state index contributed by atoms with van der Waals surface area (Å²) in [5, 5.41) is 4.89. The molecule has 3 N–H and O–H groups in total. The summed E-state index contributed by atoms with van der Waals surface area (Å²) in [6.07, 6.45) is 11.3. The minimum absolute atomic E-state index is 0.0412. The number of amides is 3. The molecule has 4 fully saturated rings. The van der Waals surface area contributed by atoms with Crippen molar-refractivity contribution in [2.45, 2.75) is 75.2 Å². The van der Waals surface area contributed by atoms with E-state index in [1.165, 1.54) is 7.11 Å². The second kappa shape index (κ2) is 14.0. The molecule has 5 aliphatic rings. The molecular weight excluding hydrogens is 739 g/mol. The Morgan fingerprint density at radius 1 is 0.814 bits per heavy atom. The van der Waals surface area contributed by atoms with E-state index in [4.69, 9.17) is 14.7 Å². The molecule has 294 valence electrons. The summed E-state index contributed by atoms with van der Waals surface area (Å²) >= 11 is 0. The molecule has 3 aliphatic carbocycles. The number of nitrogens with zero attached hydrogens (tertiary/aromatic N) is 4. The summed E-state index contributed by atoms with van der Waals surface area (Å²) in [6.45, 7) is 0. The fourth-order valence-electron chi connectivity index (χ4n) is 9.87. The fraction of sp³-hybridized carbons (Fsp3) is 0.312. The van der Waals surface area contributed by atoms with Crippen molar-refractivity contribution in [3.63, 3.8) is 0 Å². The molecule has 2 saturated heterocycles. The number of allylic oxidation sites excluding steroid dienone is 2. The summed E-state index contributed by atoms with van der Waals surface area (Å²) in [7, 11) is 1.31. The van der Waals surface area contributed by atoms with Crippen molar-refractivity contribution >= 4 is 50.7 Å². The molecule has 4 aromatic carbocycles. The third-order valence-corrected chi connectivity index (χ3v) is 13.0. The maximum atomic E-state index is 14.2. The summed E-state index contributed by atoms with van der Waals surface area (Å²) in [6, 6.07) is 25.7. The number of nitrogens with one attached hydrogen (secondary N) is 3. The number of hydrogen-bond acceptors (Lipinski definition) is 6. The van der Waals surface area contributed by atoms with Crippen LogP contribution in [0, 0.1) is 23.7 Å². The molecule has 11 heteroatoms. The predicted molar refractivity (Wildman–Crippen MR) is 224 cm³/mol. The Labute approximate surface area is 340 Å². The van der Waals surface area contributed by atoms with Crippen LogP contribution in [0.3, 0.4) is 0 Å². The lowest BCUT2D eigenvalue weighted by molar-refractivity contribution is -0.134. The Morgan fingerprint density at radius 3 is 2.32 bits per heavy atom. The van der Waals surface area contributed by atoms with Crippen molar-refractivity contribution < 1.29 is 19.1 Å². The van der Waals surface area contributed by atoms with Gasteiger partial charge in [-0.3, -0.25) is 9.59 Å². The van der Waals surface area contributed by atoms with Gasteiger partial charge in [0, 0.05) is 28.6 Å². The quantitative estimate of drug-likeness (QED) is 0.143. The van der Waals surface area contributed by atoms with Gasteiger partial charge in [-0.25, -0.2) is 14.8 Å². The standard InChI is InChI=1S/C48H43N7O4/c1-59-48(58)53-43(30-10-6-3-7-11-30)47(57)55-39-24-33(39)26-41(55)45-49-35-18-15-29(21-37(35)51-45)13-12-28-14-17-34-31(20-28)16-19-36-44(34)52-46(50-36)40-25-32-23-38(32)54(40)42(56)22-27-8-4-2-5-9-27/h2,4-6,8-11,14-21,32-33,38-41,43H,3,7,22-26H2,1H3,(H,49,51)(H,50,52)(H,53,58)/t32-,33?,38?,39-,40+,41+,43-/m1/s1. The number of piperidine rings is 2. The van der Waals surface area contributed by atoms with E-state index in [1.54, 1.807) is 0 Å². The zero-order valence-corrected chi connectivity index (χ0v) is 32.7. The molecule has 0 spiro atoms. The van der Waals surface area contributed by atoms with Gasteiger partial charge in [-0.2, -0.15) is 0 Å². The molecule has 2 saturated carbocycles. The monoisotopic (exact) mass is 781 g/mol. The van der Waals surface area contributed by atoms with Crippen LogP contribution in [-0.2, 0) is 20.7 Å². The van der Waals surface area contributed by atoms with Crippen LogP contribution in [-0.4, -0.2) is 72.9 Å². The van der Waals surface area contributed by atoms with Crippen LogP contribution in [0.1, 0.15) is 78.9 Å². The number of fused-ring (bicyclic) bond motifs is 6. The van der Waals surface area contributed by atoms with E-state index >= 15 is 0 Å². The van der Waals surface area contributed by atoms with Gasteiger partial charge in [-0.05, 0) is 103 Å². The highest BCUT2D eigenvalue weighted by atomic mass is 16.5. The summed E-state index contributed by atoms with van der Waals surface area (Å²) in [5.41, 5.74) is 7.11. The number of aromatic amines is 2. The van der Waals surface area contributed by atoms with Crippen molar-refractivity contribution in [1.29, 1.82) is 0 Å². The predicted octanol–water partition coefficient (Wildman–Crippen LogP) is 7.56. The summed E-state index contributed by atoms with van der Waals surface area (Å²) < 4.78 is 4.89. The van der Waals surface area contributed by atoms with Gasteiger partial charge in [-0.1, -0.05) is 72.5 Å². The molecule has 11 nitrogen and oxygen atoms in total. The maximum absolute atomic E-state index is 14.2. The highest BCUT2D eigenvalue weighted by Crippen LogP contribution is 2.54. The smallest absolute Gasteiger partial charge is 0.407 e. The second-order valence-corrected chi connectivity index (χ2v) is 16.7. The number of likely N-dealkylation sites (tertiary alicyclic amines) is 2. The maximum Gasteiger partial charge on any atom is 0.407 e. The van der Waals surface area contributed by atoms with Crippen LogP contribution in [0.5, 0.6) is 0 Å². The molecule has 2 aliphatic heterocycles. The van der Waals surface area contributed by atoms with E-state index in [9.17, 15) is 14.4 Å². The van der Waals surface area contributed by atoms with Crippen molar-refractivity contribution in [2.75, 3.05) is 7.11 Å². The van der Waals surface area contributed by atoms with Crippen LogP contribution >= 0.6 is 0 Å². The summed E-state index contributed by atoms with van der Waals surface area (Å²) in [5.74, 6) is 9.32. The number of rotatable bonds is 7. The zero-order chi connectivity index (χ0) is 39.8. The van der Waals surface area contributed by atoms with E-state index in [-0.39, 0.29) is 29.9 Å². The van der Waals surface area contributed by atoms with Crippen molar-refractivity contribution in [3.05, 3.63) is 131 Å². The number of carbonyl (C=O) groups is 3. The molecule has 59 heavy (non-hydrogen) atoms. The molecule has 4 heterocycles.